The van der Waals surface area contributed by atoms with Crippen LogP contribution in [0.5, 0.6) is 11.5 Å². The fourth-order valence-electron chi connectivity index (χ4n) is 4.66. The average Bonchev–Trinajstić information content (AvgIpc) is 3.28. The minimum absolute atomic E-state index is 0.0190. The van der Waals surface area contributed by atoms with Crippen molar-refractivity contribution >= 4 is 44.9 Å². The van der Waals surface area contributed by atoms with Crippen molar-refractivity contribution in [3.63, 3.8) is 0 Å². The van der Waals surface area contributed by atoms with E-state index >= 15 is 0 Å². The Kier molecular flexibility index (Phi) is 7.43. The van der Waals surface area contributed by atoms with E-state index in [1.54, 1.807) is 31.9 Å². The Morgan fingerprint density at radius 3 is 2.69 bits per heavy atom. The van der Waals surface area contributed by atoms with E-state index in [1.165, 1.54) is 28.6 Å². The van der Waals surface area contributed by atoms with Crippen LogP contribution in [0.1, 0.15) is 29.3 Å². The van der Waals surface area contributed by atoms with Crippen LogP contribution in [-0.2, 0) is 24.2 Å². The number of aromatic nitrogens is 2. The first kappa shape index (κ1) is 24.6. The number of thioether (sulfide) groups is 1. The summed E-state index contributed by atoms with van der Waals surface area (Å²) in [5, 5.41) is 2.05. The van der Waals surface area contributed by atoms with Gasteiger partial charge < -0.3 is 14.4 Å². The standard InChI is InChI=1S/C28H29N3O3S2/c1-18-9-11-21-24(13-18)36-28-26(21)27(29-17-30-28)35-16-25(32)31(20-7-5-4-6-8-20)15-19-10-12-22(33-2)23(14-19)34-3/h4-8,10,12,14,17-18H,9,11,13,15-16H2,1-3H3. The summed E-state index contributed by atoms with van der Waals surface area (Å²) in [6, 6.07) is 15.5. The van der Waals surface area contributed by atoms with E-state index in [4.69, 9.17) is 9.47 Å². The topological polar surface area (TPSA) is 64.5 Å². The summed E-state index contributed by atoms with van der Waals surface area (Å²) in [7, 11) is 3.23. The van der Waals surface area contributed by atoms with Gasteiger partial charge in [-0.1, -0.05) is 43.0 Å². The molecule has 0 aliphatic heterocycles. The van der Waals surface area contributed by atoms with Gasteiger partial charge in [0.25, 0.3) is 0 Å². The van der Waals surface area contributed by atoms with E-state index in [2.05, 4.69) is 16.9 Å². The molecule has 2 aromatic heterocycles. The second-order valence-corrected chi connectivity index (χ2v) is 11.1. The minimum Gasteiger partial charge on any atom is -0.493 e. The Morgan fingerprint density at radius 2 is 1.92 bits per heavy atom. The van der Waals surface area contributed by atoms with E-state index in [-0.39, 0.29) is 11.7 Å². The molecule has 1 aliphatic rings. The highest BCUT2D eigenvalue weighted by atomic mass is 32.2. The van der Waals surface area contributed by atoms with Gasteiger partial charge in [-0.3, -0.25) is 4.79 Å². The van der Waals surface area contributed by atoms with Crippen LogP contribution in [-0.4, -0.2) is 35.8 Å². The maximum Gasteiger partial charge on any atom is 0.237 e. The molecule has 0 bridgehead atoms. The molecule has 1 aliphatic carbocycles. The highest BCUT2D eigenvalue weighted by molar-refractivity contribution is 8.00. The molecule has 0 saturated heterocycles. The molecule has 0 fully saturated rings. The van der Waals surface area contributed by atoms with Gasteiger partial charge in [0.2, 0.25) is 5.91 Å². The number of hydrogen-bond donors (Lipinski definition) is 0. The zero-order valence-electron chi connectivity index (χ0n) is 20.7. The maximum absolute atomic E-state index is 13.6. The van der Waals surface area contributed by atoms with Crippen LogP contribution < -0.4 is 14.4 Å². The Hall–Kier alpha value is -3.10. The lowest BCUT2D eigenvalue weighted by molar-refractivity contribution is -0.116. The number of carbonyl (C=O) groups is 1. The molecule has 0 saturated carbocycles. The predicted octanol–water partition coefficient (Wildman–Crippen LogP) is 6.16. The highest BCUT2D eigenvalue weighted by Crippen LogP contribution is 2.40. The second kappa shape index (κ2) is 10.9. The number of carbonyl (C=O) groups excluding carboxylic acids is 1. The fraction of sp³-hybridized carbons (Fsp3) is 0.321. The third-order valence-corrected chi connectivity index (χ3v) is 8.68. The van der Waals surface area contributed by atoms with Crippen molar-refractivity contribution in [1.82, 2.24) is 9.97 Å². The molecule has 6 nitrogen and oxygen atoms in total. The first-order valence-corrected chi connectivity index (χ1v) is 13.8. The quantitative estimate of drug-likeness (QED) is 0.205. The molecular weight excluding hydrogens is 490 g/mol. The molecule has 186 valence electrons. The Labute approximate surface area is 219 Å². The number of methoxy groups -OCH3 is 2. The first-order valence-electron chi connectivity index (χ1n) is 12.0. The van der Waals surface area contributed by atoms with Crippen LogP contribution in [0.2, 0.25) is 0 Å². The number of ether oxygens (including phenoxy) is 2. The summed E-state index contributed by atoms with van der Waals surface area (Å²) in [5.74, 6) is 2.31. The molecular formula is C28H29N3O3S2. The third-order valence-electron chi connectivity index (χ3n) is 6.55. The van der Waals surface area contributed by atoms with Crippen molar-refractivity contribution < 1.29 is 14.3 Å². The number of nitrogens with zero attached hydrogens (tertiary/aromatic N) is 3. The van der Waals surface area contributed by atoms with Gasteiger partial charge in [-0.15, -0.1) is 11.3 Å². The van der Waals surface area contributed by atoms with Crippen LogP contribution in [0.25, 0.3) is 10.2 Å². The third kappa shape index (κ3) is 5.06. The van der Waals surface area contributed by atoms with Crippen molar-refractivity contribution in [3.05, 3.63) is 70.9 Å². The molecule has 5 rings (SSSR count). The summed E-state index contributed by atoms with van der Waals surface area (Å²) in [4.78, 5) is 27.0. The van der Waals surface area contributed by atoms with Crippen LogP contribution in [0.15, 0.2) is 59.9 Å². The number of amides is 1. The number of anilines is 1. The number of thiophene rings is 1. The van der Waals surface area contributed by atoms with Crippen molar-refractivity contribution in [2.24, 2.45) is 5.92 Å². The summed E-state index contributed by atoms with van der Waals surface area (Å²) in [6.07, 6.45) is 4.97. The van der Waals surface area contributed by atoms with E-state index in [0.29, 0.717) is 24.0 Å². The van der Waals surface area contributed by atoms with Crippen LogP contribution in [0, 0.1) is 5.92 Å². The lowest BCUT2D eigenvalue weighted by Crippen LogP contribution is -2.32. The normalized spacial score (nSPS) is 14.9. The molecule has 0 radical (unpaired) electrons. The SMILES string of the molecule is COc1ccc(CN(C(=O)CSc2ncnc3sc4c(c23)CCC(C)C4)c2ccccc2)cc1OC. The summed E-state index contributed by atoms with van der Waals surface area (Å²) in [6.45, 7) is 2.73. The molecule has 2 aromatic carbocycles. The Bertz CT molecular complexity index is 1370. The number of fused-ring (bicyclic) bond motifs is 3. The van der Waals surface area contributed by atoms with Crippen molar-refractivity contribution in [2.75, 3.05) is 24.9 Å². The summed E-state index contributed by atoms with van der Waals surface area (Å²) in [5.41, 5.74) is 3.20. The second-order valence-electron chi connectivity index (χ2n) is 9.00. The Balaban J connectivity index is 1.39. The zero-order valence-corrected chi connectivity index (χ0v) is 22.3. The first-order chi connectivity index (χ1) is 17.6. The van der Waals surface area contributed by atoms with E-state index in [1.807, 2.05) is 53.4 Å². The van der Waals surface area contributed by atoms with Gasteiger partial charge in [-0.05, 0) is 60.6 Å². The minimum atomic E-state index is 0.0190. The molecule has 1 atom stereocenters. The van der Waals surface area contributed by atoms with Crippen molar-refractivity contribution in [2.45, 2.75) is 37.8 Å². The molecule has 1 amide bonds. The van der Waals surface area contributed by atoms with E-state index in [0.717, 1.165) is 39.3 Å². The number of aryl methyl sites for hydroxylation is 1. The van der Waals surface area contributed by atoms with Gasteiger partial charge >= 0.3 is 0 Å². The Morgan fingerprint density at radius 1 is 1.11 bits per heavy atom. The maximum atomic E-state index is 13.6. The molecule has 1 unspecified atom stereocenters. The lowest BCUT2D eigenvalue weighted by Gasteiger charge is -2.23. The van der Waals surface area contributed by atoms with Gasteiger partial charge in [0, 0.05) is 16.0 Å². The lowest BCUT2D eigenvalue weighted by atomic mass is 9.89. The zero-order chi connectivity index (χ0) is 25.1. The van der Waals surface area contributed by atoms with E-state index in [9.17, 15) is 4.79 Å². The number of benzene rings is 2. The fourth-order valence-corrected chi connectivity index (χ4v) is 6.97. The van der Waals surface area contributed by atoms with Gasteiger partial charge in [0.1, 0.15) is 16.2 Å². The number of hydrogen-bond acceptors (Lipinski definition) is 7. The van der Waals surface area contributed by atoms with Crippen LogP contribution in [0.4, 0.5) is 5.69 Å². The molecule has 0 spiro atoms. The molecule has 8 heteroatoms. The number of para-hydroxylation sites is 1. The molecule has 4 aromatic rings. The van der Waals surface area contributed by atoms with Crippen molar-refractivity contribution in [3.8, 4) is 11.5 Å². The molecule has 2 heterocycles. The predicted molar refractivity (Wildman–Crippen MR) is 147 cm³/mol. The van der Waals surface area contributed by atoms with Gasteiger partial charge in [-0.2, -0.15) is 0 Å². The van der Waals surface area contributed by atoms with Crippen LogP contribution >= 0.6 is 23.1 Å². The van der Waals surface area contributed by atoms with Gasteiger partial charge in [0.05, 0.1) is 26.5 Å². The largest absolute Gasteiger partial charge is 0.493 e. The smallest absolute Gasteiger partial charge is 0.237 e. The van der Waals surface area contributed by atoms with Gasteiger partial charge in [0.15, 0.2) is 11.5 Å². The highest BCUT2D eigenvalue weighted by Gasteiger charge is 2.24. The molecule has 0 N–H and O–H groups in total. The monoisotopic (exact) mass is 519 g/mol. The number of rotatable bonds is 8. The van der Waals surface area contributed by atoms with E-state index < -0.39 is 0 Å². The summed E-state index contributed by atoms with van der Waals surface area (Å²) >= 11 is 3.28. The molecule has 36 heavy (non-hydrogen) atoms. The van der Waals surface area contributed by atoms with Crippen molar-refractivity contribution in [1.29, 1.82) is 0 Å². The summed E-state index contributed by atoms with van der Waals surface area (Å²) < 4.78 is 10.8. The average molecular weight is 520 g/mol. The van der Waals surface area contributed by atoms with Gasteiger partial charge in [-0.25, -0.2) is 9.97 Å². The van der Waals surface area contributed by atoms with Crippen LogP contribution in [0.3, 0.4) is 0 Å².